The lowest BCUT2D eigenvalue weighted by molar-refractivity contribution is 1.17. The standard InChI is InChI=1S/C11H10N6O/c1-5-6(3-2-4-13-5)8-14-7-9(15-8)16-11(12)17-10(7)18/h2-4H,1H3,(H4,12,14,15,16,17,18). The molecule has 3 heterocycles. The summed E-state index contributed by atoms with van der Waals surface area (Å²) in [5.41, 5.74) is 7.39. The van der Waals surface area contributed by atoms with Crippen LogP contribution in [-0.4, -0.2) is 24.9 Å². The van der Waals surface area contributed by atoms with Gasteiger partial charge in [0.15, 0.2) is 11.2 Å². The molecule has 0 spiro atoms. The van der Waals surface area contributed by atoms with Crippen molar-refractivity contribution < 1.29 is 0 Å². The van der Waals surface area contributed by atoms with Crippen LogP contribution in [0.5, 0.6) is 0 Å². The van der Waals surface area contributed by atoms with Gasteiger partial charge in [0, 0.05) is 17.5 Å². The maximum absolute atomic E-state index is 11.7. The maximum Gasteiger partial charge on any atom is 0.278 e. The number of aromatic amines is 2. The number of hydrogen-bond acceptors (Lipinski definition) is 5. The van der Waals surface area contributed by atoms with Gasteiger partial charge in [-0.15, -0.1) is 0 Å². The third-order valence-corrected chi connectivity index (χ3v) is 2.64. The lowest BCUT2D eigenvalue weighted by atomic mass is 10.2. The van der Waals surface area contributed by atoms with E-state index >= 15 is 0 Å². The molecule has 7 heteroatoms. The highest BCUT2D eigenvalue weighted by molar-refractivity contribution is 5.76. The average molecular weight is 242 g/mol. The molecular weight excluding hydrogens is 232 g/mol. The van der Waals surface area contributed by atoms with Crippen LogP contribution in [0.15, 0.2) is 23.1 Å². The van der Waals surface area contributed by atoms with Crippen LogP contribution in [0.4, 0.5) is 5.95 Å². The van der Waals surface area contributed by atoms with Crippen molar-refractivity contribution in [2.75, 3.05) is 5.73 Å². The normalized spacial score (nSPS) is 10.9. The Labute approximate surface area is 101 Å². The first-order valence-corrected chi connectivity index (χ1v) is 5.32. The summed E-state index contributed by atoms with van der Waals surface area (Å²) in [6, 6.07) is 3.68. The molecule has 0 aromatic carbocycles. The number of anilines is 1. The highest BCUT2D eigenvalue weighted by Gasteiger charge is 2.11. The predicted octanol–water partition coefficient (Wildman–Crippen LogP) is 0.599. The highest BCUT2D eigenvalue weighted by Crippen LogP contribution is 2.19. The second-order valence-electron chi connectivity index (χ2n) is 3.87. The summed E-state index contributed by atoms with van der Waals surface area (Å²) < 4.78 is 0. The van der Waals surface area contributed by atoms with E-state index < -0.39 is 0 Å². The fourth-order valence-corrected chi connectivity index (χ4v) is 1.79. The first-order valence-electron chi connectivity index (χ1n) is 5.32. The summed E-state index contributed by atoms with van der Waals surface area (Å²) in [6.45, 7) is 1.87. The first-order chi connectivity index (χ1) is 8.65. The molecule has 90 valence electrons. The Kier molecular flexibility index (Phi) is 2.12. The monoisotopic (exact) mass is 242 g/mol. The van der Waals surface area contributed by atoms with Crippen LogP contribution in [0.1, 0.15) is 5.69 Å². The number of pyridine rings is 1. The molecule has 0 saturated heterocycles. The van der Waals surface area contributed by atoms with Crippen molar-refractivity contribution in [1.29, 1.82) is 0 Å². The summed E-state index contributed by atoms with van der Waals surface area (Å²) in [4.78, 5) is 29.4. The van der Waals surface area contributed by atoms with Gasteiger partial charge in [0.25, 0.3) is 5.56 Å². The lowest BCUT2D eigenvalue weighted by Gasteiger charge is -1.98. The van der Waals surface area contributed by atoms with Crippen molar-refractivity contribution in [3.05, 3.63) is 34.4 Å². The Morgan fingerprint density at radius 2 is 2.11 bits per heavy atom. The van der Waals surface area contributed by atoms with Gasteiger partial charge in [-0.3, -0.25) is 14.8 Å². The predicted molar refractivity (Wildman–Crippen MR) is 66.9 cm³/mol. The molecule has 0 aliphatic heterocycles. The van der Waals surface area contributed by atoms with Crippen molar-refractivity contribution in [1.82, 2.24) is 24.9 Å². The molecule has 0 fully saturated rings. The third kappa shape index (κ3) is 1.53. The number of imidazole rings is 1. The fraction of sp³-hybridized carbons (Fsp3) is 0.0909. The minimum atomic E-state index is -0.335. The quantitative estimate of drug-likeness (QED) is 0.578. The zero-order valence-electron chi connectivity index (χ0n) is 9.56. The van der Waals surface area contributed by atoms with E-state index in [0.717, 1.165) is 11.3 Å². The molecule has 18 heavy (non-hydrogen) atoms. The molecule has 0 amide bonds. The average Bonchev–Trinajstić information content (AvgIpc) is 2.73. The number of nitrogens with two attached hydrogens (primary N) is 1. The number of H-pyrrole nitrogens is 2. The van der Waals surface area contributed by atoms with Gasteiger partial charge in [-0.1, -0.05) is 0 Å². The molecule has 0 atom stereocenters. The Bertz CT molecular complexity index is 788. The van der Waals surface area contributed by atoms with Crippen molar-refractivity contribution >= 4 is 17.1 Å². The molecule has 0 bridgehead atoms. The van der Waals surface area contributed by atoms with Gasteiger partial charge in [-0.25, -0.2) is 4.98 Å². The Balaban J connectivity index is 2.30. The van der Waals surface area contributed by atoms with Gasteiger partial charge in [0.2, 0.25) is 5.95 Å². The molecule has 0 aliphatic carbocycles. The molecule has 4 N–H and O–H groups in total. The SMILES string of the molecule is Cc1ncccc1-c1nc2nc(N)[nH]c(=O)c2[nH]1. The second kappa shape index (κ2) is 3.66. The molecule has 3 aromatic heterocycles. The largest absolute Gasteiger partial charge is 0.369 e. The minimum Gasteiger partial charge on any atom is -0.369 e. The first kappa shape index (κ1) is 10.5. The van der Waals surface area contributed by atoms with Crippen LogP contribution in [0.25, 0.3) is 22.6 Å². The smallest absolute Gasteiger partial charge is 0.278 e. The van der Waals surface area contributed by atoms with Crippen molar-refractivity contribution in [3.63, 3.8) is 0 Å². The van der Waals surface area contributed by atoms with Crippen LogP contribution < -0.4 is 11.3 Å². The second-order valence-corrected chi connectivity index (χ2v) is 3.87. The maximum atomic E-state index is 11.7. The van der Waals surface area contributed by atoms with Crippen LogP contribution in [0.3, 0.4) is 0 Å². The molecule has 7 nitrogen and oxygen atoms in total. The van der Waals surface area contributed by atoms with Gasteiger partial charge in [0.05, 0.1) is 0 Å². The van der Waals surface area contributed by atoms with Crippen LogP contribution in [0, 0.1) is 6.92 Å². The number of hydrogen-bond donors (Lipinski definition) is 3. The van der Waals surface area contributed by atoms with E-state index in [-0.39, 0.29) is 11.5 Å². The number of rotatable bonds is 1. The van der Waals surface area contributed by atoms with Gasteiger partial charge in [0.1, 0.15) is 5.82 Å². The summed E-state index contributed by atoms with van der Waals surface area (Å²) in [5.74, 6) is 0.604. The number of nitrogens with zero attached hydrogens (tertiary/aromatic N) is 3. The van der Waals surface area contributed by atoms with Crippen molar-refractivity contribution in [2.45, 2.75) is 6.92 Å². The Morgan fingerprint density at radius 1 is 1.28 bits per heavy atom. The number of nitrogens with one attached hydrogen (secondary N) is 2. The summed E-state index contributed by atoms with van der Waals surface area (Å²) >= 11 is 0. The van der Waals surface area contributed by atoms with E-state index in [2.05, 4.69) is 24.9 Å². The van der Waals surface area contributed by atoms with E-state index in [1.165, 1.54) is 0 Å². The van der Waals surface area contributed by atoms with E-state index in [4.69, 9.17) is 5.73 Å². The fourth-order valence-electron chi connectivity index (χ4n) is 1.79. The number of aromatic nitrogens is 5. The molecule has 0 radical (unpaired) electrons. The molecular formula is C11H10N6O. The zero-order valence-corrected chi connectivity index (χ0v) is 9.56. The van der Waals surface area contributed by atoms with Crippen molar-refractivity contribution in [2.24, 2.45) is 0 Å². The number of fused-ring (bicyclic) bond motifs is 1. The number of aryl methyl sites for hydroxylation is 1. The Morgan fingerprint density at radius 3 is 2.89 bits per heavy atom. The molecule has 3 rings (SSSR count). The topological polar surface area (TPSA) is 113 Å². The summed E-state index contributed by atoms with van der Waals surface area (Å²) in [5, 5.41) is 0. The van der Waals surface area contributed by atoms with Crippen LogP contribution in [0.2, 0.25) is 0 Å². The van der Waals surface area contributed by atoms with E-state index in [1.54, 1.807) is 6.20 Å². The molecule has 0 aliphatic rings. The minimum absolute atomic E-state index is 0.0495. The molecule has 0 unspecified atom stereocenters. The molecule has 0 saturated carbocycles. The van der Waals surface area contributed by atoms with E-state index in [1.807, 2.05) is 19.1 Å². The zero-order chi connectivity index (χ0) is 12.7. The van der Waals surface area contributed by atoms with Gasteiger partial charge in [-0.05, 0) is 19.1 Å². The van der Waals surface area contributed by atoms with E-state index in [9.17, 15) is 4.79 Å². The summed E-state index contributed by atoms with van der Waals surface area (Å²) in [6.07, 6.45) is 1.70. The van der Waals surface area contributed by atoms with Gasteiger partial charge >= 0.3 is 0 Å². The third-order valence-electron chi connectivity index (χ3n) is 2.64. The lowest BCUT2D eigenvalue weighted by Crippen LogP contribution is -2.10. The molecule has 3 aromatic rings. The van der Waals surface area contributed by atoms with Gasteiger partial charge < -0.3 is 10.7 Å². The van der Waals surface area contributed by atoms with Gasteiger partial charge in [-0.2, -0.15) is 4.98 Å². The van der Waals surface area contributed by atoms with Crippen LogP contribution in [-0.2, 0) is 0 Å². The van der Waals surface area contributed by atoms with Crippen molar-refractivity contribution in [3.8, 4) is 11.4 Å². The van der Waals surface area contributed by atoms with E-state index in [0.29, 0.717) is 17.0 Å². The summed E-state index contributed by atoms with van der Waals surface area (Å²) in [7, 11) is 0. The number of nitrogen functional groups attached to an aromatic ring is 1. The Hall–Kier alpha value is -2.70. The highest BCUT2D eigenvalue weighted by atomic mass is 16.1. The van der Waals surface area contributed by atoms with Crippen LogP contribution >= 0.6 is 0 Å².